The fraction of sp³-hybridized carbons (Fsp3) is 0.722. The maximum absolute atomic E-state index is 12.4. The number of piperazine rings is 1. The van der Waals surface area contributed by atoms with Crippen LogP contribution in [0.25, 0.3) is 0 Å². The smallest absolute Gasteiger partial charge is 0.410 e. The van der Waals surface area contributed by atoms with E-state index in [0.717, 1.165) is 57.2 Å². The van der Waals surface area contributed by atoms with E-state index in [2.05, 4.69) is 28.6 Å². The van der Waals surface area contributed by atoms with Gasteiger partial charge >= 0.3 is 12.1 Å². The Labute approximate surface area is 164 Å². The van der Waals surface area contributed by atoms with Crippen molar-refractivity contribution in [1.29, 1.82) is 0 Å². The summed E-state index contributed by atoms with van der Waals surface area (Å²) in [5.74, 6) is -0.361. The summed E-state index contributed by atoms with van der Waals surface area (Å²) in [4.78, 5) is 35.1. The van der Waals surface area contributed by atoms with Crippen LogP contribution in [0.5, 0.6) is 0 Å². The standard InChI is InChI=1S/C18H28N4O4S/c1-13(2)20-8-10-22(11-9-20)18(24)26-14-4-6-21(7-5-14)17-19-12-15(27-17)16(23)25-3/h12-14H,4-11H2,1-3H3. The molecule has 0 aromatic carbocycles. The molecule has 2 fully saturated rings. The highest BCUT2D eigenvalue weighted by molar-refractivity contribution is 7.17. The lowest BCUT2D eigenvalue weighted by atomic mass is 10.1. The number of piperidine rings is 1. The van der Waals surface area contributed by atoms with Gasteiger partial charge in [-0.05, 0) is 13.8 Å². The third-order valence-electron chi connectivity index (χ3n) is 5.16. The third kappa shape index (κ3) is 4.90. The summed E-state index contributed by atoms with van der Waals surface area (Å²) in [5.41, 5.74) is 0. The van der Waals surface area contributed by atoms with Gasteiger partial charge < -0.3 is 19.3 Å². The van der Waals surface area contributed by atoms with Gasteiger partial charge in [0.1, 0.15) is 11.0 Å². The molecular weight excluding hydrogens is 368 g/mol. The second-order valence-corrected chi connectivity index (χ2v) is 8.19. The second-order valence-electron chi connectivity index (χ2n) is 7.19. The molecule has 27 heavy (non-hydrogen) atoms. The zero-order valence-corrected chi connectivity index (χ0v) is 17.0. The van der Waals surface area contributed by atoms with E-state index in [-0.39, 0.29) is 18.2 Å². The van der Waals surface area contributed by atoms with Gasteiger partial charge in [0.2, 0.25) is 0 Å². The Morgan fingerprint density at radius 3 is 2.41 bits per heavy atom. The van der Waals surface area contributed by atoms with Crippen molar-refractivity contribution in [2.75, 3.05) is 51.3 Å². The molecule has 0 unspecified atom stereocenters. The zero-order valence-electron chi connectivity index (χ0n) is 16.2. The van der Waals surface area contributed by atoms with E-state index in [9.17, 15) is 9.59 Å². The Morgan fingerprint density at radius 2 is 1.81 bits per heavy atom. The van der Waals surface area contributed by atoms with Crippen molar-refractivity contribution in [3.05, 3.63) is 11.1 Å². The van der Waals surface area contributed by atoms with Crippen LogP contribution in [-0.2, 0) is 9.47 Å². The van der Waals surface area contributed by atoms with Gasteiger partial charge in [0, 0.05) is 58.2 Å². The summed E-state index contributed by atoms with van der Waals surface area (Å²) in [6.07, 6.45) is 2.83. The molecule has 1 amide bonds. The molecule has 3 rings (SSSR count). The van der Waals surface area contributed by atoms with Gasteiger partial charge in [-0.2, -0.15) is 0 Å². The molecule has 0 aliphatic carbocycles. The predicted molar refractivity (Wildman–Crippen MR) is 103 cm³/mol. The van der Waals surface area contributed by atoms with Gasteiger partial charge in [-0.1, -0.05) is 11.3 Å². The molecule has 150 valence electrons. The topological polar surface area (TPSA) is 75.2 Å². The van der Waals surface area contributed by atoms with E-state index >= 15 is 0 Å². The molecule has 0 atom stereocenters. The highest BCUT2D eigenvalue weighted by Gasteiger charge is 2.28. The minimum Gasteiger partial charge on any atom is -0.465 e. The number of hydrogen-bond acceptors (Lipinski definition) is 8. The SMILES string of the molecule is COC(=O)c1cnc(N2CCC(OC(=O)N3CCN(C(C)C)CC3)CC2)s1. The summed E-state index contributed by atoms with van der Waals surface area (Å²) in [5, 5.41) is 0.810. The van der Waals surface area contributed by atoms with Crippen molar-refractivity contribution in [3.63, 3.8) is 0 Å². The highest BCUT2D eigenvalue weighted by Crippen LogP contribution is 2.27. The van der Waals surface area contributed by atoms with E-state index in [1.54, 1.807) is 6.20 Å². The average Bonchev–Trinajstić information content (AvgIpc) is 3.18. The van der Waals surface area contributed by atoms with Crippen molar-refractivity contribution < 1.29 is 19.1 Å². The van der Waals surface area contributed by atoms with Crippen LogP contribution >= 0.6 is 11.3 Å². The Kier molecular flexibility index (Phi) is 6.54. The quantitative estimate of drug-likeness (QED) is 0.721. The molecule has 9 heteroatoms. The van der Waals surface area contributed by atoms with Gasteiger partial charge in [0.15, 0.2) is 5.13 Å². The first-order valence-corrected chi connectivity index (χ1v) is 10.3. The van der Waals surface area contributed by atoms with Gasteiger partial charge in [-0.25, -0.2) is 14.6 Å². The number of ether oxygens (including phenoxy) is 2. The Bertz CT molecular complexity index is 650. The second kappa shape index (κ2) is 8.88. The number of methoxy groups -OCH3 is 1. The van der Waals surface area contributed by atoms with Gasteiger partial charge in [0.05, 0.1) is 13.3 Å². The summed E-state index contributed by atoms with van der Waals surface area (Å²) in [7, 11) is 1.37. The van der Waals surface area contributed by atoms with Gasteiger partial charge in [-0.15, -0.1) is 0 Å². The first-order chi connectivity index (χ1) is 13.0. The number of carbonyl (C=O) groups excluding carboxylic acids is 2. The number of esters is 1. The molecule has 0 saturated carbocycles. The lowest BCUT2D eigenvalue weighted by molar-refractivity contribution is 0.0337. The summed E-state index contributed by atoms with van der Waals surface area (Å²) in [6.45, 7) is 9.13. The van der Waals surface area contributed by atoms with E-state index in [1.807, 2.05) is 4.90 Å². The molecule has 0 spiro atoms. The predicted octanol–water partition coefficient (Wildman–Crippen LogP) is 2.06. The Hall–Kier alpha value is -1.87. The fourth-order valence-electron chi connectivity index (χ4n) is 3.41. The van der Waals surface area contributed by atoms with Crippen LogP contribution in [0, 0.1) is 0 Å². The molecular formula is C18H28N4O4S. The molecule has 2 saturated heterocycles. The number of anilines is 1. The molecule has 3 heterocycles. The number of carbonyl (C=O) groups is 2. The molecule has 0 bridgehead atoms. The van der Waals surface area contributed by atoms with Crippen LogP contribution < -0.4 is 4.90 Å². The molecule has 1 aromatic rings. The van der Waals surface area contributed by atoms with Crippen LogP contribution in [0.4, 0.5) is 9.93 Å². The minimum absolute atomic E-state index is 0.0584. The van der Waals surface area contributed by atoms with Crippen molar-refractivity contribution in [1.82, 2.24) is 14.8 Å². The van der Waals surface area contributed by atoms with Crippen LogP contribution in [0.3, 0.4) is 0 Å². The third-order valence-corrected chi connectivity index (χ3v) is 6.20. The van der Waals surface area contributed by atoms with Crippen molar-refractivity contribution >= 4 is 28.5 Å². The van der Waals surface area contributed by atoms with Gasteiger partial charge in [0.25, 0.3) is 0 Å². The van der Waals surface area contributed by atoms with Crippen LogP contribution in [0.2, 0.25) is 0 Å². The van der Waals surface area contributed by atoms with Crippen molar-refractivity contribution in [2.24, 2.45) is 0 Å². The van der Waals surface area contributed by atoms with Crippen LogP contribution in [-0.4, -0.2) is 85.4 Å². The number of nitrogens with zero attached hydrogens (tertiary/aromatic N) is 4. The molecule has 1 aromatic heterocycles. The van der Waals surface area contributed by atoms with Crippen LogP contribution in [0.1, 0.15) is 36.4 Å². The highest BCUT2D eigenvalue weighted by atomic mass is 32.1. The fourth-order valence-corrected chi connectivity index (χ4v) is 4.29. The largest absolute Gasteiger partial charge is 0.465 e. The van der Waals surface area contributed by atoms with Crippen molar-refractivity contribution in [3.8, 4) is 0 Å². The maximum Gasteiger partial charge on any atom is 0.410 e. The molecule has 0 radical (unpaired) electrons. The minimum atomic E-state index is -0.361. The lowest BCUT2D eigenvalue weighted by Gasteiger charge is -2.37. The molecule has 8 nitrogen and oxygen atoms in total. The van der Waals surface area contributed by atoms with E-state index in [4.69, 9.17) is 9.47 Å². The Balaban J connectivity index is 1.43. The molecule has 2 aliphatic rings. The Morgan fingerprint density at radius 1 is 1.15 bits per heavy atom. The summed E-state index contributed by atoms with van der Waals surface area (Å²) in [6, 6.07) is 0.512. The van der Waals surface area contributed by atoms with E-state index in [0.29, 0.717) is 10.9 Å². The first kappa shape index (κ1) is 19.9. The number of thiazole rings is 1. The van der Waals surface area contributed by atoms with E-state index < -0.39 is 0 Å². The first-order valence-electron chi connectivity index (χ1n) is 9.46. The average molecular weight is 397 g/mol. The molecule has 2 aliphatic heterocycles. The number of amides is 1. The summed E-state index contributed by atoms with van der Waals surface area (Å²) < 4.78 is 10.4. The zero-order chi connectivity index (χ0) is 19.4. The number of aromatic nitrogens is 1. The monoisotopic (exact) mass is 396 g/mol. The molecule has 0 N–H and O–H groups in total. The van der Waals surface area contributed by atoms with Gasteiger partial charge in [-0.3, -0.25) is 4.90 Å². The maximum atomic E-state index is 12.4. The number of rotatable bonds is 4. The number of hydrogen-bond donors (Lipinski definition) is 0. The van der Waals surface area contributed by atoms with Crippen molar-refractivity contribution in [2.45, 2.75) is 38.8 Å². The normalized spacial score (nSPS) is 19.4. The lowest BCUT2D eigenvalue weighted by Crippen LogP contribution is -2.51. The van der Waals surface area contributed by atoms with E-state index in [1.165, 1.54) is 18.4 Å². The van der Waals surface area contributed by atoms with Crippen LogP contribution in [0.15, 0.2) is 6.20 Å². The summed E-state index contributed by atoms with van der Waals surface area (Å²) >= 11 is 1.33.